The van der Waals surface area contributed by atoms with Crippen LogP contribution >= 0.6 is 0 Å². The molecule has 2 aromatic carbocycles. The van der Waals surface area contributed by atoms with Gasteiger partial charge in [0.2, 0.25) is 5.91 Å². The first-order valence-corrected chi connectivity index (χ1v) is 10.2. The summed E-state index contributed by atoms with van der Waals surface area (Å²) in [6.07, 6.45) is -0.139. The summed E-state index contributed by atoms with van der Waals surface area (Å²) in [5.74, 6) is -2.16. The Morgan fingerprint density at radius 3 is 2.27 bits per heavy atom. The first kappa shape index (κ1) is 23.6. The van der Waals surface area contributed by atoms with Crippen molar-refractivity contribution < 1.29 is 33.4 Å². The normalized spacial score (nSPS) is 15.1. The Hall–Kier alpha value is -4.08. The lowest BCUT2D eigenvalue weighted by atomic mass is 10.1. The summed E-state index contributed by atoms with van der Waals surface area (Å²) in [6, 6.07) is 11.8. The van der Waals surface area contributed by atoms with Gasteiger partial charge in [-0.3, -0.25) is 29.6 Å². The molecule has 1 fully saturated rings. The van der Waals surface area contributed by atoms with Crippen molar-refractivity contribution in [3.05, 3.63) is 53.6 Å². The molecular weight excluding hydrogens is 430 g/mol. The van der Waals surface area contributed by atoms with Crippen molar-refractivity contribution in [1.29, 1.82) is 0 Å². The van der Waals surface area contributed by atoms with Crippen molar-refractivity contribution in [3.8, 4) is 11.5 Å². The van der Waals surface area contributed by atoms with Gasteiger partial charge in [-0.25, -0.2) is 0 Å². The maximum absolute atomic E-state index is 12.6. The van der Waals surface area contributed by atoms with Crippen LogP contribution < -0.4 is 20.2 Å². The average molecular weight is 455 g/mol. The van der Waals surface area contributed by atoms with Crippen LogP contribution in [0.4, 0.5) is 5.69 Å². The topological polar surface area (TPSA) is 123 Å². The third kappa shape index (κ3) is 6.22. The number of hydrogen-bond donors (Lipinski definition) is 2. The zero-order valence-corrected chi connectivity index (χ0v) is 18.5. The number of benzene rings is 2. The molecule has 2 N–H and O–H groups in total. The number of anilines is 1. The van der Waals surface area contributed by atoms with Crippen LogP contribution in [0.3, 0.4) is 0 Å². The summed E-state index contributed by atoms with van der Waals surface area (Å²) in [5.41, 5.74) is 4.33. The van der Waals surface area contributed by atoms with Crippen molar-refractivity contribution in [2.45, 2.75) is 13.3 Å². The van der Waals surface area contributed by atoms with Crippen molar-refractivity contribution in [2.24, 2.45) is 5.92 Å². The first-order valence-electron chi connectivity index (χ1n) is 10.2. The second-order valence-corrected chi connectivity index (χ2v) is 7.47. The molecule has 10 heteroatoms. The predicted molar refractivity (Wildman–Crippen MR) is 118 cm³/mol. The molecule has 1 saturated heterocycles. The Balaban J connectivity index is 1.52. The largest absolute Gasteiger partial charge is 0.497 e. The number of methoxy groups -OCH3 is 2. The Morgan fingerprint density at radius 2 is 1.67 bits per heavy atom. The monoisotopic (exact) mass is 455 g/mol. The Kier molecular flexibility index (Phi) is 7.50. The SMILES string of the molecule is COc1cc(OC)cc(C(=O)NN2C[C@@H](C(=O)OCC(=O)Nc3ccc(C)cc3)CC2=O)c1. The molecule has 0 aliphatic carbocycles. The summed E-state index contributed by atoms with van der Waals surface area (Å²) in [5, 5.41) is 3.69. The number of hydrazine groups is 1. The van der Waals surface area contributed by atoms with E-state index in [1.807, 2.05) is 19.1 Å². The predicted octanol–water partition coefficient (Wildman–Crippen LogP) is 1.69. The molecule has 1 heterocycles. The molecule has 0 radical (unpaired) electrons. The number of rotatable bonds is 8. The van der Waals surface area contributed by atoms with E-state index in [-0.39, 0.29) is 18.5 Å². The minimum atomic E-state index is -0.801. The fourth-order valence-corrected chi connectivity index (χ4v) is 3.19. The number of nitrogens with one attached hydrogen (secondary N) is 2. The third-order valence-electron chi connectivity index (χ3n) is 4.99. The van der Waals surface area contributed by atoms with Gasteiger partial charge in [-0.15, -0.1) is 0 Å². The highest BCUT2D eigenvalue weighted by atomic mass is 16.5. The van der Waals surface area contributed by atoms with E-state index < -0.39 is 36.2 Å². The number of amides is 3. The van der Waals surface area contributed by atoms with Crippen molar-refractivity contribution in [1.82, 2.24) is 10.4 Å². The molecular formula is C23H25N3O7. The molecule has 0 bridgehead atoms. The van der Waals surface area contributed by atoms with Crippen LogP contribution in [0.5, 0.6) is 11.5 Å². The smallest absolute Gasteiger partial charge is 0.311 e. The fraction of sp³-hybridized carbons (Fsp3) is 0.304. The van der Waals surface area contributed by atoms with E-state index in [4.69, 9.17) is 14.2 Å². The number of nitrogens with zero attached hydrogens (tertiary/aromatic N) is 1. The molecule has 0 unspecified atom stereocenters. The van der Waals surface area contributed by atoms with Gasteiger partial charge in [0.05, 0.1) is 26.7 Å². The van der Waals surface area contributed by atoms with Crippen molar-refractivity contribution >= 4 is 29.4 Å². The minimum absolute atomic E-state index is 0.0654. The zero-order valence-electron chi connectivity index (χ0n) is 18.5. The van der Waals surface area contributed by atoms with E-state index >= 15 is 0 Å². The molecule has 1 aliphatic rings. The van der Waals surface area contributed by atoms with Crippen LogP contribution in [0.2, 0.25) is 0 Å². The van der Waals surface area contributed by atoms with E-state index in [2.05, 4.69) is 10.7 Å². The lowest BCUT2D eigenvalue weighted by Gasteiger charge is -2.18. The van der Waals surface area contributed by atoms with Gasteiger partial charge in [0.1, 0.15) is 11.5 Å². The molecule has 3 amide bonds. The van der Waals surface area contributed by atoms with Gasteiger partial charge in [0.15, 0.2) is 6.61 Å². The summed E-state index contributed by atoms with van der Waals surface area (Å²) < 4.78 is 15.3. The van der Waals surface area contributed by atoms with Crippen molar-refractivity contribution in [2.75, 3.05) is 32.7 Å². The van der Waals surface area contributed by atoms with Gasteiger partial charge >= 0.3 is 5.97 Å². The van der Waals surface area contributed by atoms with Gasteiger partial charge in [0.25, 0.3) is 11.8 Å². The van der Waals surface area contributed by atoms with E-state index in [0.717, 1.165) is 10.6 Å². The number of aryl methyl sites for hydroxylation is 1. The summed E-state index contributed by atoms with van der Waals surface area (Å²) >= 11 is 0. The van der Waals surface area contributed by atoms with E-state index in [0.29, 0.717) is 17.2 Å². The van der Waals surface area contributed by atoms with Crippen LogP contribution in [0.15, 0.2) is 42.5 Å². The number of ether oxygens (including phenoxy) is 3. The van der Waals surface area contributed by atoms with Gasteiger partial charge in [-0.05, 0) is 31.2 Å². The van der Waals surface area contributed by atoms with Gasteiger partial charge < -0.3 is 19.5 Å². The highest BCUT2D eigenvalue weighted by Gasteiger charge is 2.36. The Bertz CT molecular complexity index is 1030. The second-order valence-electron chi connectivity index (χ2n) is 7.47. The molecule has 1 aliphatic heterocycles. The summed E-state index contributed by atoms with van der Waals surface area (Å²) in [4.78, 5) is 49.2. The second kappa shape index (κ2) is 10.5. The molecule has 33 heavy (non-hydrogen) atoms. The number of hydrogen-bond acceptors (Lipinski definition) is 7. The maximum Gasteiger partial charge on any atom is 0.311 e. The molecule has 1 atom stereocenters. The van der Waals surface area contributed by atoms with E-state index in [1.54, 1.807) is 18.2 Å². The van der Waals surface area contributed by atoms with Crippen LogP contribution in [-0.4, -0.2) is 56.1 Å². The van der Waals surface area contributed by atoms with Gasteiger partial charge in [-0.1, -0.05) is 17.7 Å². The van der Waals surface area contributed by atoms with Gasteiger partial charge in [-0.2, -0.15) is 0 Å². The molecule has 174 valence electrons. The molecule has 2 aromatic rings. The number of carbonyl (C=O) groups excluding carboxylic acids is 4. The summed E-state index contributed by atoms with van der Waals surface area (Å²) in [6.45, 7) is 1.38. The molecule has 10 nitrogen and oxygen atoms in total. The van der Waals surface area contributed by atoms with Crippen LogP contribution in [0.25, 0.3) is 0 Å². The lowest BCUT2D eigenvalue weighted by Crippen LogP contribution is -2.43. The first-order chi connectivity index (χ1) is 15.8. The van der Waals surface area contributed by atoms with Crippen LogP contribution in [0, 0.1) is 12.8 Å². The molecule has 0 saturated carbocycles. The Morgan fingerprint density at radius 1 is 1.03 bits per heavy atom. The van der Waals surface area contributed by atoms with Crippen LogP contribution in [-0.2, 0) is 19.1 Å². The number of esters is 1. The third-order valence-corrected chi connectivity index (χ3v) is 4.99. The molecule has 3 rings (SSSR count). The minimum Gasteiger partial charge on any atom is -0.497 e. The van der Waals surface area contributed by atoms with E-state index in [1.165, 1.54) is 26.4 Å². The zero-order chi connectivity index (χ0) is 24.0. The van der Waals surface area contributed by atoms with Crippen LogP contribution in [0.1, 0.15) is 22.3 Å². The van der Waals surface area contributed by atoms with Gasteiger partial charge in [0, 0.05) is 23.7 Å². The lowest BCUT2D eigenvalue weighted by molar-refractivity contribution is -0.151. The fourth-order valence-electron chi connectivity index (χ4n) is 3.19. The standard InChI is InChI=1S/C23H25N3O7/c1-14-4-6-17(7-5-14)24-20(27)13-33-23(30)16-10-21(28)26(12-16)25-22(29)15-8-18(31-2)11-19(9-15)32-3/h4-9,11,16H,10,12-13H2,1-3H3,(H,24,27)(H,25,29)/t16-/m0/s1. The highest BCUT2D eigenvalue weighted by Crippen LogP contribution is 2.23. The van der Waals surface area contributed by atoms with Crippen molar-refractivity contribution in [3.63, 3.8) is 0 Å². The highest BCUT2D eigenvalue weighted by molar-refractivity contribution is 5.97. The average Bonchev–Trinajstić information content (AvgIpc) is 3.18. The molecule has 0 aromatic heterocycles. The Labute approximate surface area is 190 Å². The molecule has 0 spiro atoms. The summed E-state index contributed by atoms with van der Waals surface area (Å²) in [7, 11) is 2.91. The number of carbonyl (C=O) groups is 4. The maximum atomic E-state index is 12.6. The quantitative estimate of drug-likeness (QED) is 0.581. The van der Waals surface area contributed by atoms with E-state index in [9.17, 15) is 19.2 Å².